The molecule has 0 aliphatic heterocycles. The number of alkyl halides is 3. The number of carbonyl (C=O) groups is 1. The number of aryl methyl sites for hydroxylation is 1. The number of amides is 1. The molecule has 0 saturated carbocycles. The van der Waals surface area contributed by atoms with Gasteiger partial charge in [0.1, 0.15) is 12.4 Å². The van der Waals surface area contributed by atoms with Crippen LogP contribution in [0, 0.1) is 10.1 Å². The van der Waals surface area contributed by atoms with Crippen molar-refractivity contribution in [2.45, 2.75) is 19.1 Å². The van der Waals surface area contributed by atoms with Gasteiger partial charge in [-0.2, -0.15) is 18.3 Å². The number of nitrogens with one attached hydrogen (secondary N) is 1. The summed E-state index contributed by atoms with van der Waals surface area (Å²) in [6, 6.07) is 4.04. The molecule has 0 bridgehead atoms. The molecule has 2 rings (SSSR count). The molecule has 0 aliphatic rings. The quantitative estimate of drug-likeness (QED) is 0.675. The molecule has 0 atom stereocenters. The number of halogens is 3. The fraction of sp³-hybridized carbons (Fsp3) is 0.231. The van der Waals surface area contributed by atoms with Gasteiger partial charge in [-0.3, -0.25) is 19.6 Å². The van der Waals surface area contributed by atoms with Crippen LogP contribution in [0.4, 0.5) is 24.5 Å². The van der Waals surface area contributed by atoms with Gasteiger partial charge in [-0.05, 0) is 24.3 Å². The van der Waals surface area contributed by atoms with Gasteiger partial charge < -0.3 is 5.32 Å². The molecule has 0 fully saturated rings. The molecule has 1 amide bonds. The highest BCUT2D eigenvalue weighted by molar-refractivity contribution is 5.90. The predicted octanol–water partition coefficient (Wildman–Crippen LogP) is 2.84. The van der Waals surface area contributed by atoms with Crippen LogP contribution in [0.1, 0.15) is 12.0 Å². The summed E-state index contributed by atoms with van der Waals surface area (Å²) in [5, 5.41) is 16.6. The molecule has 0 radical (unpaired) electrons. The standard InChI is InChI=1S/C13H11F3N4O3/c14-13(15,16)9-1-3-10(4-2-9)18-12(21)5-6-19-8-11(7-17-19)20(22)23/h1-4,7-8H,5-6H2,(H,18,21). The van der Waals surface area contributed by atoms with Crippen LogP contribution in [0.25, 0.3) is 0 Å². The van der Waals surface area contributed by atoms with E-state index in [0.717, 1.165) is 30.5 Å². The van der Waals surface area contributed by atoms with Crippen LogP contribution in [0.2, 0.25) is 0 Å². The summed E-state index contributed by atoms with van der Waals surface area (Å²) in [5.74, 6) is -0.442. The second-order valence-corrected chi connectivity index (χ2v) is 4.59. The minimum absolute atomic E-state index is 0.0279. The number of benzene rings is 1. The molecule has 10 heteroatoms. The summed E-state index contributed by atoms with van der Waals surface area (Å²) in [4.78, 5) is 21.6. The smallest absolute Gasteiger partial charge is 0.326 e. The Bertz CT molecular complexity index is 710. The second-order valence-electron chi connectivity index (χ2n) is 4.59. The van der Waals surface area contributed by atoms with Crippen molar-refractivity contribution in [3.63, 3.8) is 0 Å². The van der Waals surface area contributed by atoms with Crippen molar-refractivity contribution >= 4 is 17.3 Å². The van der Waals surface area contributed by atoms with E-state index in [1.807, 2.05) is 0 Å². The van der Waals surface area contributed by atoms with Gasteiger partial charge in [0, 0.05) is 18.7 Å². The fourth-order valence-corrected chi connectivity index (χ4v) is 1.75. The summed E-state index contributed by atoms with van der Waals surface area (Å²) >= 11 is 0. The molecule has 122 valence electrons. The Kier molecular flexibility index (Phi) is 4.63. The Morgan fingerprint density at radius 2 is 1.96 bits per heavy atom. The van der Waals surface area contributed by atoms with Crippen molar-refractivity contribution in [1.82, 2.24) is 9.78 Å². The van der Waals surface area contributed by atoms with Gasteiger partial charge in [-0.15, -0.1) is 0 Å². The highest BCUT2D eigenvalue weighted by atomic mass is 19.4. The average Bonchev–Trinajstić information content (AvgIpc) is 2.94. The Morgan fingerprint density at radius 1 is 1.30 bits per heavy atom. The zero-order valence-corrected chi connectivity index (χ0v) is 11.6. The van der Waals surface area contributed by atoms with Gasteiger partial charge in [0.25, 0.3) is 0 Å². The topological polar surface area (TPSA) is 90.1 Å². The van der Waals surface area contributed by atoms with Crippen LogP contribution in [-0.4, -0.2) is 20.6 Å². The predicted molar refractivity (Wildman–Crippen MR) is 73.6 cm³/mol. The third kappa shape index (κ3) is 4.53. The number of carbonyl (C=O) groups excluding carboxylic acids is 1. The zero-order valence-electron chi connectivity index (χ0n) is 11.6. The molecule has 0 spiro atoms. The first kappa shape index (κ1) is 16.5. The van der Waals surface area contributed by atoms with Gasteiger partial charge in [-0.1, -0.05) is 0 Å². The van der Waals surface area contributed by atoms with Crippen LogP contribution in [-0.2, 0) is 17.5 Å². The van der Waals surface area contributed by atoms with Crippen molar-refractivity contribution in [3.8, 4) is 0 Å². The lowest BCUT2D eigenvalue weighted by Gasteiger charge is -2.08. The van der Waals surface area contributed by atoms with Gasteiger partial charge in [-0.25, -0.2) is 0 Å². The van der Waals surface area contributed by atoms with Crippen LogP contribution in [0.5, 0.6) is 0 Å². The molecular formula is C13H11F3N4O3. The second kappa shape index (κ2) is 6.46. The number of nitrogens with zero attached hydrogens (tertiary/aromatic N) is 3. The molecule has 1 N–H and O–H groups in total. The van der Waals surface area contributed by atoms with E-state index in [9.17, 15) is 28.1 Å². The van der Waals surface area contributed by atoms with E-state index in [1.54, 1.807) is 0 Å². The summed E-state index contributed by atoms with van der Waals surface area (Å²) in [6.45, 7) is 0.111. The molecule has 1 aromatic carbocycles. The molecule has 7 nitrogen and oxygen atoms in total. The van der Waals surface area contributed by atoms with E-state index in [4.69, 9.17) is 0 Å². The average molecular weight is 328 g/mol. The molecule has 2 aromatic rings. The summed E-state index contributed by atoms with van der Waals surface area (Å²) in [5.41, 5.74) is -0.762. The van der Waals surface area contributed by atoms with Crippen LogP contribution < -0.4 is 5.32 Å². The van der Waals surface area contributed by atoms with E-state index in [2.05, 4.69) is 10.4 Å². The SMILES string of the molecule is O=C(CCn1cc([N+](=O)[O-])cn1)Nc1ccc(C(F)(F)F)cc1. The fourth-order valence-electron chi connectivity index (χ4n) is 1.75. The van der Waals surface area contributed by atoms with Gasteiger partial charge in [0.2, 0.25) is 5.91 Å². The van der Waals surface area contributed by atoms with E-state index >= 15 is 0 Å². The van der Waals surface area contributed by atoms with Crippen molar-refractivity contribution in [2.75, 3.05) is 5.32 Å². The van der Waals surface area contributed by atoms with E-state index in [1.165, 1.54) is 10.9 Å². The summed E-state index contributed by atoms with van der Waals surface area (Å²) in [6.07, 6.45) is -2.21. The lowest BCUT2D eigenvalue weighted by molar-refractivity contribution is -0.385. The first-order chi connectivity index (χ1) is 10.8. The Hall–Kier alpha value is -2.91. The van der Waals surface area contributed by atoms with Crippen molar-refractivity contribution in [1.29, 1.82) is 0 Å². The third-order valence-corrected chi connectivity index (χ3v) is 2.89. The monoisotopic (exact) mass is 328 g/mol. The number of hydrogen-bond acceptors (Lipinski definition) is 4. The number of nitro groups is 1. The van der Waals surface area contributed by atoms with Gasteiger partial charge in [0.15, 0.2) is 0 Å². The Labute approximate surface area is 127 Å². The molecule has 1 aromatic heterocycles. The van der Waals surface area contributed by atoms with Crippen molar-refractivity contribution < 1.29 is 22.9 Å². The molecular weight excluding hydrogens is 317 g/mol. The maximum atomic E-state index is 12.4. The molecule has 23 heavy (non-hydrogen) atoms. The van der Waals surface area contributed by atoms with Gasteiger partial charge in [0.05, 0.1) is 10.5 Å². The van der Waals surface area contributed by atoms with Crippen molar-refractivity contribution in [3.05, 3.63) is 52.3 Å². The van der Waals surface area contributed by atoms with Crippen LogP contribution in [0.3, 0.4) is 0 Å². The number of rotatable bonds is 5. The zero-order chi connectivity index (χ0) is 17.0. The Balaban J connectivity index is 1.88. The van der Waals surface area contributed by atoms with Crippen LogP contribution >= 0.6 is 0 Å². The lowest BCUT2D eigenvalue weighted by Crippen LogP contribution is -2.15. The van der Waals surface area contributed by atoms with Gasteiger partial charge >= 0.3 is 11.9 Å². The number of aromatic nitrogens is 2. The normalized spacial score (nSPS) is 11.3. The minimum Gasteiger partial charge on any atom is -0.326 e. The molecule has 0 aliphatic carbocycles. The lowest BCUT2D eigenvalue weighted by atomic mass is 10.2. The highest BCUT2D eigenvalue weighted by Crippen LogP contribution is 2.29. The molecule has 0 saturated heterocycles. The Morgan fingerprint density at radius 3 is 2.48 bits per heavy atom. The van der Waals surface area contributed by atoms with Crippen molar-refractivity contribution in [2.24, 2.45) is 0 Å². The maximum absolute atomic E-state index is 12.4. The van der Waals surface area contributed by atoms with E-state index in [-0.39, 0.29) is 24.3 Å². The first-order valence-corrected chi connectivity index (χ1v) is 6.39. The molecule has 0 unspecified atom stereocenters. The third-order valence-electron chi connectivity index (χ3n) is 2.89. The minimum atomic E-state index is -4.43. The highest BCUT2D eigenvalue weighted by Gasteiger charge is 2.29. The number of anilines is 1. The summed E-state index contributed by atoms with van der Waals surface area (Å²) < 4.78 is 38.5. The van der Waals surface area contributed by atoms with E-state index in [0.29, 0.717) is 0 Å². The molecule has 1 heterocycles. The largest absolute Gasteiger partial charge is 0.416 e. The first-order valence-electron chi connectivity index (χ1n) is 6.39. The van der Waals surface area contributed by atoms with E-state index < -0.39 is 22.6 Å². The van der Waals surface area contributed by atoms with Crippen LogP contribution in [0.15, 0.2) is 36.7 Å². The maximum Gasteiger partial charge on any atom is 0.416 e. The number of hydrogen-bond donors (Lipinski definition) is 1. The summed E-state index contributed by atoms with van der Waals surface area (Å²) in [7, 11) is 0.